The summed E-state index contributed by atoms with van der Waals surface area (Å²) in [5.74, 6) is -1.01. The SMILES string of the molecule is CSC1CCC(NCc2cc(F)cc(F)c2)C1. The first-order valence-corrected chi connectivity index (χ1v) is 7.17. The number of benzene rings is 1. The lowest BCUT2D eigenvalue weighted by molar-refractivity contribution is 0.518. The fourth-order valence-corrected chi connectivity index (χ4v) is 3.11. The van der Waals surface area contributed by atoms with Crippen molar-refractivity contribution in [3.05, 3.63) is 35.4 Å². The number of hydrogen-bond donors (Lipinski definition) is 1. The van der Waals surface area contributed by atoms with Crippen molar-refractivity contribution < 1.29 is 8.78 Å². The van der Waals surface area contributed by atoms with Gasteiger partial charge in [0, 0.05) is 23.9 Å². The summed E-state index contributed by atoms with van der Waals surface area (Å²) in [6, 6.07) is 4.16. The monoisotopic (exact) mass is 257 g/mol. The predicted molar refractivity (Wildman–Crippen MR) is 68.1 cm³/mol. The molecule has 1 fully saturated rings. The van der Waals surface area contributed by atoms with Crippen LogP contribution >= 0.6 is 11.8 Å². The molecule has 1 aliphatic carbocycles. The average Bonchev–Trinajstić information content (AvgIpc) is 2.73. The highest BCUT2D eigenvalue weighted by atomic mass is 32.2. The Morgan fingerprint density at radius 2 is 1.94 bits per heavy atom. The van der Waals surface area contributed by atoms with E-state index in [-0.39, 0.29) is 0 Å². The summed E-state index contributed by atoms with van der Waals surface area (Å²) in [5, 5.41) is 4.10. The van der Waals surface area contributed by atoms with Crippen molar-refractivity contribution in [3.63, 3.8) is 0 Å². The zero-order valence-corrected chi connectivity index (χ0v) is 10.7. The van der Waals surface area contributed by atoms with Crippen LogP contribution in [0.2, 0.25) is 0 Å². The molecular weight excluding hydrogens is 240 g/mol. The molecule has 4 heteroatoms. The van der Waals surface area contributed by atoms with Gasteiger partial charge in [-0.1, -0.05) is 0 Å². The molecule has 0 radical (unpaired) electrons. The number of nitrogens with one attached hydrogen (secondary N) is 1. The van der Waals surface area contributed by atoms with Gasteiger partial charge in [0.1, 0.15) is 11.6 Å². The van der Waals surface area contributed by atoms with Crippen LogP contribution in [0.5, 0.6) is 0 Å². The van der Waals surface area contributed by atoms with Crippen LogP contribution in [-0.2, 0) is 6.54 Å². The normalized spacial score (nSPS) is 24.2. The molecule has 0 saturated heterocycles. The summed E-state index contributed by atoms with van der Waals surface area (Å²) in [6.45, 7) is 0.542. The van der Waals surface area contributed by atoms with E-state index in [0.717, 1.165) is 24.2 Å². The first-order chi connectivity index (χ1) is 8.17. The number of thioether (sulfide) groups is 1. The molecule has 1 N–H and O–H groups in total. The van der Waals surface area contributed by atoms with Gasteiger partial charge in [0.05, 0.1) is 0 Å². The Kier molecular flexibility index (Phi) is 4.40. The van der Waals surface area contributed by atoms with Gasteiger partial charge >= 0.3 is 0 Å². The third kappa shape index (κ3) is 3.68. The van der Waals surface area contributed by atoms with E-state index in [9.17, 15) is 8.78 Å². The molecule has 1 aliphatic rings. The van der Waals surface area contributed by atoms with Crippen molar-refractivity contribution in [2.24, 2.45) is 0 Å². The minimum atomic E-state index is -0.504. The molecule has 1 nitrogen and oxygen atoms in total. The van der Waals surface area contributed by atoms with Gasteiger partial charge < -0.3 is 5.32 Å². The fraction of sp³-hybridized carbons (Fsp3) is 0.538. The van der Waals surface area contributed by atoms with Crippen LogP contribution in [0.4, 0.5) is 8.78 Å². The van der Waals surface area contributed by atoms with E-state index in [1.807, 2.05) is 11.8 Å². The molecule has 94 valence electrons. The van der Waals surface area contributed by atoms with Gasteiger partial charge in [0.2, 0.25) is 0 Å². The summed E-state index contributed by atoms with van der Waals surface area (Å²) >= 11 is 1.90. The quantitative estimate of drug-likeness (QED) is 0.888. The maximum absolute atomic E-state index is 13.0. The highest BCUT2D eigenvalue weighted by Gasteiger charge is 2.23. The van der Waals surface area contributed by atoms with Gasteiger partial charge in [0.25, 0.3) is 0 Å². The van der Waals surface area contributed by atoms with E-state index in [4.69, 9.17) is 0 Å². The summed E-state index contributed by atoms with van der Waals surface area (Å²) in [7, 11) is 0. The molecule has 1 aromatic carbocycles. The van der Waals surface area contributed by atoms with Crippen molar-refractivity contribution in [2.75, 3.05) is 6.26 Å². The van der Waals surface area contributed by atoms with Crippen LogP contribution in [-0.4, -0.2) is 17.5 Å². The Bertz CT molecular complexity index is 363. The number of hydrogen-bond acceptors (Lipinski definition) is 2. The third-order valence-corrected chi connectivity index (χ3v) is 4.33. The number of halogens is 2. The maximum Gasteiger partial charge on any atom is 0.126 e. The van der Waals surface area contributed by atoms with Gasteiger partial charge in [-0.05, 0) is 43.2 Å². The summed E-state index contributed by atoms with van der Waals surface area (Å²) < 4.78 is 25.9. The van der Waals surface area contributed by atoms with E-state index in [0.29, 0.717) is 18.2 Å². The van der Waals surface area contributed by atoms with Crippen LogP contribution in [0.25, 0.3) is 0 Å². The van der Waals surface area contributed by atoms with E-state index in [1.54, 1.807) is 0 Å². The molecule has 2 unspecified atom stereocenters. The fourth-order valence-electron chi connectivity index (χ4n) is 2.31. The third-order valence-electron chi connectivity index (χ3n) is 3.24. The van der Waals surface area contributed by atoms with Crippen molar-refractivity contribution in [1.29, 1.82) is 0 Å². The van der Waals surface area contributed by atoms with E-state index in [2.05, 4.69) is 11.6 Å². The number of rotatable bonds is 4. The standard InChI is InChI=1S/C13H17F2NS/c1-17-13-3-2-12(7-13)16-8-9-4-10(14)6-11(15)5-9/h4-6,12-13,16H,2-3,7-8H2,1H3. The Balaban J connectivity index is 1.85. The highest BCUT2D eigenvalue weighted by molar-refractivity contribution is 7.99. The van der Waals surface area contributed by atoms with Crippen LogP contribution < -0.4 is 5.32 Å². The molecule has 17 heavy (non-hydrogen) atoms. The van der Waals surface area contributed by atoms with Crippen molar-refractivity contribution in [3.8, 4) is 0 Å². The minimum absolute atomic E-state index is 0.485. The maximum atomic E-state index is 13.0. The first-order valence-electron chi connectivity index (χ1n) is 5.88. The van der Waals surface area contributed by atoms with Gasteiger partial charge in [0.15, 0.2) is 0 Å². The van der Waals surface area contributed by atoms with Crippen molar-refractivity contribution >= 4 is 11.8 Å². The zero-order valence-electron chi connectivity index (χ0n) is 9.88. The molecule has 0 amide bonds. The summed E-state index contributed by atoms with van der Waals surface area (Å²) in [6.07, 6.45) is 5.67. The lowest BCUT2D eigenvalue weighted by Crippen LogP contribution is -2.26. The molecule has 0 heterocycles. The molecule has 1 aromatic rings. The Hall–Kier alpha value is -0.610. The second-order valence-corrected chi connectivity index (χ2v) is 5.66. The predicted octanol–water partition coefficient (Wildman–Crippen LogP) is 3.34. The van der Waals surface area contributed by atoms with Crippen LogP contribution in [0.3, 0.4) is 0 Å². The zero-order chi connectivity index (χ0) is 12.3. The summed E-state index contributed by atoms with van der Waals surface area (Å²) in [5.41, 5.74) is 0.676. The Morgan fingerprint density at radius 3 is 2.53 bits per heavy atom. The lowest BCUT2D eigenvalue weighted by atomic mass is 10.2. The van der Waals surface area contributed by atoms with Crippen LogP contribution in [0.15, 0.2) is 18.2 Å². The Morgan fingerprint density at radius 1 is 1.24 bits per heavy atom. The van der Waals surface area contributed by atoms with E-state index in [1.165, 1.54) is 18.6 Å². The van der Waals surface area contributed by atoms with Crippen molar-refractivity contribution in [1.82, 2.24) is 5.32 Å². The topological polar surface area (TPSA) is 12.0 Å². The second kappa shape index (κ2) is 5.83. The molecule has 0 spiro atoms. The van der Waals surface area contributed by atoms with E-state index >= 15 is 0 Å². The summed E-state index contributed by atoms with van der Waals surface area (Å²) in [4.78, 5) is 0. The molecule has 0 aliphatic heterocycles. The van der Waals surface area contributed by atoms with Crippen LogP contribution in [0.1, 0.15) is 24.8 Å². The molecule has 0 bridgehead atoms. The average molecular weight is 257 g/mol. The largest absolute Gasteiger partial charge is 0.310 e. The lowest BCUT2D eigenvalue weighted by Gasteiger charge is -2.12. The van der Waals surface area contributed by atoms with Gasteiger partial charge in [-0.2, -0.15) is 11.8 Å². The highest BCUT2D eigenvalue weighted by Crippen LogP contribution is 2.28. The van der Waals surface area contributed by atoms with Crippen molar-refractivity contribution in [2.45, 2.75) is 37.1 Å². The smallest absolute Gasteiger partial charge is 0.126 e. The van der Waals surface area contributed by atoms with E-state index < -0.39 is 11.6 Å². The molecule has 2 atom stereocenters. The van der Waals surface area contributed by atoms with Gasteiger partial charge in [-0.3, -0.25) is 0 Å². The minimum Gasteiger partial charge on any atom is -0.310 e. The molecule has 2 rings (SSSR count). The molecule has 0 aromatic heterocycles. The van der Waals surface area contributed by atoms with Gasteiger partial charge in [-0.15, -0.1) is 0 Å². The first kappa shape index (κ1) is 12.8. The van der Waals surface area contributed by atoms with Crippen LogP contribution in [0, 0.1) is 11.6 Å². The Labute approximate surface area is 105 Å². The van der Waals surface area contributed by atoms with Gasteiger partial charge in [-0.25, -0.2) is 8.78 Å². The second-order valence-electron chi connectivity index (χ2n) is 4.53. The molecular formula is C13H17F2NS. The molecule has 1 saturated carbocycles.